The molecule has 9 heteroatoms. The van der Waals surface area contributed by atoms with E-state index in [2.05, 4.69) is 15.2 Å². The molecule has 2 heterocycles. The van der Waals surface area contributed by atoms with Crippen LogP contribution in [-0.4, -0.2) is 65.5 Å². The Morgan fingerprint density at radius 2 is 2.00 bits per heavy atom. The highest BCUT2D eigenvalue weighted by molar-refractivity contribution is 5.98. The summed E-state index contributed by atoms with van der Waals surface area (Å²) >= 11 is 0. The van der Waals surface area contributed by atoms with Gasteiger partial charge < -0.3 is 35.6 Å². The molecule has 0 atom stereocenters. The fourth-order valence-electron chi connectivity index (χ4n) is 4.72. The minimum Gasteiger partial charge on any atom is -0.493 e. The van der Waals surface area contributed by atoms with Gasteiger partial charge in [0.15, 0.2) is 11.5 Å². The van der Waals surface area contributed by atoms with Gasteiger partial charge in [-0.15, -0.1) is 0 Å². The summed E-state index contributed by atoms with van der Waals surface area (Å²) in [4.78, 5) is 18.7. The van der Waals surface area contributed by atoms with Crippen LogP contribution in [0.3, 0.4) is 0 Å². The van der Waals surface area contributed by atoms with E-state index in [-0.39, 0.29) is 19.1 Å². The molecule has 9 nitrogen and oxygen atoms in total. The number of anilines is 2. The zero-order valence-electron chi connectivity index (χ0n) is 21.5. The van der Waals surface area contributed by atoms with Crippen molar-refractivity contribution in [3.05, 3.63) is 53.2 Å². The van der Waals surface area contributed by atoms with Crippen molar-refractivity contribution in [1.29, 1.82) is 0 Å². The summed E-state index contributed by atoms with van der Waals surface area (Å²) in [6, 6.07) is 9.38. The van der Waals surface area contributed by atoms with Crippen molar-refractivity contribution in [2.24, 2.45) is 5.73 Å². The number of hydrogen-bond donors (Lipinski definition) is 4. The number of aromatic nitrogens is 1. The number of nitrogens with one attached hydrogen (secondary N) is 1. The van der Waals surface area contributed by atoms with E-state index in [1.165, 1.54) is 0 Å². The SMILES string of the molecule is COc1cc2c(Nc3cccc(CO)c3C)c(CC(N)=O)cnc2cc1OCCCN1CCC(O)CC1. The molecule has 0 spiro atoms. The maximum atomic E-state index is 11.8. The Kier molecular flexibility index (Phi) is 8.81. The predicted molar refractivity (Wildman–Crippen MR) is 143 cm³/mol. The number of pyridine rings is 1. The van der Waals surface area contributed by atoms with Crippen molar-refractivity contribution in [2.45, 2.75) is 45.3 Å². The third-order valence-electron chi connectivity index (χ3n) is 6.91. The van der Waals surface area contributed by atoms with Crippen molar-refractivity contribution >= 4 is 28.2 Å². The summed E-state index contributed by atoms with van der Waals surface area (Å²) in [6.45, 7) is 5.13. The molecule has 1 amide bonds. The number of methoxy groups -OCH3 is 1. The maximum Gasteiger partial charge on any atom is 0.221 e. The molecule has 37 heavy (non-hydrogen) atoms. The van der Waals surface area contributed by atoms with Crippen LogP contribution in [0.15, 0.2) is 36.5 Å². The molecular formula is C28H36N4O5. The molecular weight excluding hydrogens is 472 g/mol. The van der Waals surface area contributed by atoms with Crippen LogP contribution in [0.25, 0.3) is 10.9 Å². The number of nitrogens with two attached hydrogens (primary N) is 1. The lowest BCUT2D eigenvalue weighted by atomic mass is 10.0. The monoisotopic (exact) mass is 508 g/mol. The molecule has 0 saturated carbocycles. The predicted octanol–water partition coefficient (Wildman–Crippen LogP) is 3.04. The third-order valence-corrected chi connectivity index (χ3v) is 6.91. The summed E-state index contributed by atoms with van der Waals surface area (Å²) < 4.78 is 11.7. The van der Waals surface area contributed by atoms with Crippen LogP contribution in [0.5, 0.6) is 11.5 Å². The first kappa shape index (κ1) is 26.7. The number of likely N-dealkylation sites (tertiary alicyclic amines) is 1. The smallest absolute Gasteiger partial charge is 0.221 e. The second-order valence-corrected chi connectivity index (χ2v) is 9.47. The van der Waals surface area contributed by atoms with Gasteiger partial charge in [0.2, 0.25) is 5.91 Å². The average molecular weight is 509 g/mol. The number of carbonyl (C=O) groups excluding carboxylic acids is 1. The lowest BCUT2D eigenvalue weighted by molar-refractivity contribution is -0.117. The van der Waals surface area contributed by atoms with Crippen LogP contribution in [-0.2, 0) is 17.8 Å². The minimum atomic E-state index is -0.458. The van der Waals surface area contributed by atoms with E-state index in [0.717, 1.165) is 61.1 Å². The largest absolute Gasteiger partial charge is 0.493 e. The van der Waals surface area contributed by atoms with E-state index in [0.29, 0.717) is 34.9 Å². The molecule has 4 rings (SSSR count). The standard InChI is InChI=1S/C28H36N4O5/c1-18-19(17-33)5-3-6-23(18)31-28-20(13-27(29)35)16-30-24-15-26(25(36-2)14-22(24)28)37-12-4-9-32-10-7-21(34)8-11-32/h3,5-6,14-16,21,33-34H,4,7-13,17H2,1-2H3,(H2,29,35)(H,30,31). The highest BCUT2D eigenvalue weighted by Crippen LogP contribution is 2.38. The second kappa shape index (κ2) is 12.2. The number of rotatable bonds is 11. The Morgan fingerprint density at radius 3 is 2.70 bits per heavy atom. The van der Waals surface area contributed by atoms with Crippen molar-refractivity contribution < 1.29 is 24.5 Å². The van der Waals surface area contributed by atoms with Gasteiger partial charge in [0.1, 0.15) is 0 Å². The molecule has 5 N–H and O–H groups in total. The van der Waals surface area contributed by atoms with E-state index in [1.54, 1.807) is 13.3 Å². The van der Waals surface area contributed by atoms with Crippen molar-refractivity contribution in [1.82, 2.24) is 9.88 Å². The quantitative estimate of drug-likeness (QED) is 0.291. The number of hydrogen-bond acceptors (Lipinski definition) is 8. The van der Waals surface area contributed by atoms with E-state index in [4.69, 9.17) is 15.2 Å². The van der Waals surface area contributed by atoms with Crippen LogP contribution in [0.1, 0.15) is 36.0 Å². The summed E-state index contributed by atoms with van der Waals surface area (Å²) in [5.41, 5.74) is 10.1. The van der Waals surface area contributed by atoms with Gasteiger partial charge >= 0.3 is 0 Å². The van der Waals surface area contributed by atoms with Crippen LogP contribution < -0.4 is 20.5 Å². The molecule has 3 aromatic rings. The van der Waals surface area contributed by atoms with Crippen LogP contribution in [0, 0.1) is 6.92 Å². The molecule has 1 aliphatic rings. The summed E-state index contributed by atoms with van der Waals surface area (Å²) in [7, 11) is 1.59. The lowest BCUT2D eigenvalue weighted by Gasteiger charge is -2.29. The Labute approximate surface area is 217 Å². The Balaban J connectivity index is 1.59. The van der Waals surface area contributed by atoms with Crippen molar-refractivity contribution in [3.63, 3.8) is 0 Å². The van der Waals surface area contributed by atoms with Gasteiger partial charge in [0.25, 0.3) is 0 Å². The number of aliphatic hydroxyl groups is 2. The first-order valence-electron chi connectivity index (χ1n) is 12.7. The fraction of sp³-hybridized carbons (Fsp3) is 0.429. The van der Waals surface area contributed by atoms with E-state index in [9.17, 15) is 15.0 Å². The third kappa shape index (κ3) is 6.49. The molecule has 1 aromatic heterocycles. The summed E-state index contributed by atoms with van der Waals surface area (Å²) in [6.07, 6.45) is 4.01. The molecule has 1 fully saturated rings. The minimum absolute atomic E-state index is 0.0259. The summed E-state index contributed by atoms with van der Waals surface area (Å²) in [5.74, 6) is 0.708. The first-order chi connectivity index (χ1) is 17.9. The summed E-state index contributed by atoms with van der Waals surface area (Å²) in [5, 5.41) is 23.6. The Morgan fingerprint density at radius 1 is 1.22 bits per heavy atom. The number of primary amides is 1. The first-order valence-corrected chi connectivity index (χ1v) is 12.7. The molecule has 0 unspecified atom stereocenters. The number of aliphatic hydroxyl groups excluding tert-OH is 2. The van der Waals surface area contributed by atoms with Gasteiger partial charge in [0.05, 0.1) is 44.1 Å². The van der Waals surface area contributed by atoms with Crippen LogP contribution in [0.4, 0.5) is 11.4 Å². The number of ether oxygens (including phenoxy) is 2. The Bertz CT molecular complexity index is 1240. The molecule has 1 aliphatic heterocycles. The van der Waals surface area contributed by atoms with E-state index < -0.39 is 5.91 Å². The van der Waals surface area contributed by atoms with Gasteiger partial charge in [-0.1, -0.05) is 12.1 Å². The number of fused-ring (bicyclic) bond motifs is 1. The Hall–Kier alpha value is -3.40. The zero-order chi connectivity index (χ0) is 26.4. The number of carbonyl (C=O) groups is 1. The fourth-order valence-corrected chi connectivity index (χ4v) is 4.72. The van der Waals surface area contributed by atoms with Crippen LogP contribution >= 0.6 is 0 Å². The molecule has 2 aromatic carbocycles. The van der Waals surface area contributed by atoms with Crippen molar-refractivity contribution in [2.75, 3.05) is 38.7 Å². The normalized spacial score (nSPS) is 14.6. The maximum absolute atomic E-state index is 11.8. The zero-order valence-corrected chi connectivity index (χ0v) is 21.5. The topological polar surface area (TPSA) is 130 Å². The van der Waals surface area contributed by atoms with Gasteiger partial charge in [-0.3, -0.25) is 9.78 Å². The van der Waals surface area contributed by atoms with Crippen molar-refractivity contribution in [3.8, 4) is 11.5 Å². The highest BCUT2D eigenvalue weighted by atomic mass is 16.5. The van der Waals surface area contributed by atoms with E-state index >= 15 is 0 Å². The van der Waals surface area contributed by atoms with Crippen LogP contribution in [0.2, 0.25) is 0 Å². The van der Waals surface area contributed by atoms with Gasteiger partial charge in [0, 0.05) is 48.5 Å². The second-order valence-electron chi connectivity index (χ2n) is 9.47. The number of nitrogens with zero attached hydrogens (tertiary/aromatic N) is 2. The van der Waals surface area contributed by atoms with Gasteiger partial charge in [-0.2, -0.15) is 0 Å². The number of benzene rings is 2. The molecule has 0 aliphatic carbocycles. The molecule has 1 saturated heterocycles. The molecule has 198 valence electrons. The molecule has 0 radical (unpaired) electrons. The molecule has 0 bridgehead atoms. The van der Waals surface area contributed by atoms with Gasteiger partial charge in [-0.25, -0.2) is 0 Å². The van der Waals surface area contributed by atoms with Gasteiger partial charge in [-0.05, 0) is 49.4 Å². The average Bonchev–Trinajstić information content (AvgIpc) is 2.89. The number of piperidine rings is 1. The van der Waals surface area contributed by atoms with E-state index in [1.807, 2.05) is 37.3 Å². The highest BCUT2D eigenvalue weighted by Gasteiger charge is 2.18. The lowest BCUT2D eigenvalue weighted by Crippen LogP contribution is -2.36. The number of amides is 1.